The third-order valence-corrected chi connectivity index (χ3v) is 8.79. The highest BCUT2D eigenvalue weighted by Crippen LogP contribution is 2.63. The molecule has 124 valence electrons. The molecule has 0 amide bonds. The van der Waals surface area contributed by atoms with Crippen molar-refractivity contribution in [3.8, 4) is 11.5 Å². The SMILES string of the molecule is CCCSP(=S)(OCC)Oc1c(Cl)ccc2c1OC(C)(C)C2. The van der Waals surface area contributed by atoms with Crippen molar-refractivity contribution in [1.29, 1.82) is 0 Å². The highest BCUT2D eigenvalue weighted by atomic mass is 35.5. The van der Waals surface area contributed by atoms with E-state index in [0.717, 1.165) is 24.2 Å². The smallest absolute Gasteiger partial charge is 0.297 e. The molecule has 0 fully saturated rings. The fourth-order valence-corrected chi connectivity index (χ4v) is 7.15. The molecular formula is C15H22ClO3PS2. The van der Waals surface area contributed by atoms with Gasteiger partial charge in [0, 0.05) is 17.7 Å². The lowest BCUT2D eigenvalue weighted by Gasteiger charge is -2.24. The molecule has 0 aliphatic carbocycles. The second kappa shape index (κ2) is 7.31. The van der Waals surface area contributed by atoms with Crippen LogP contribution in [-0.4, -0.2) is 18.0 Å². The number of hydrogen-bond acceptors (Lipinski definition) is 5. The number of fused-ring (bicyclic) bond motifs is 1. The molecule has 22 heavy (non-hydrogen) atoms. The fourth-order valence-electron chi connectivity index (χ4n) is 2.25. The largest absolute Gasteiger partial charge is 0.483 e. The van der Waals surface area contributed by atoms with Gasteiger partial charge in [-0.05, 0) is 45.1 Å². The van der Waals surface area contributed by atoms with Crippen LogP contribution in [0.25, 0.3) is 0 Å². The van der Waals surface area contributed by atoms with Gasteiger partial charge in [0.15, 0.2) is 11.5 Å². The molecule has 3 nitrogen and oxygen atoms in total. The van der Waals surface area contributed by atoms with E-state index < -0.39 is 5.69 Å². The molecule has 2 rings (SSSR count). The van der Waals surface area contributed by atoms with Crippen LogP contribution in [0.4, 0.5) is 0 Å². The van der Waals surface area contributed by atoms with Crippen LogP contribution in [-0.2, 0) is 22.8 Å². The predicted octanol–water partition coefficient (Wildman–Crippen LogP) is 5.84. The third kappa shape index (κ3) is 4.33. The quantitative estimate of drug-likeness (QED) is 0.554. The fraction of sp³-hybridized carbons (Fsp3) is 0.600. The molecule has 1 aliphatic rings. The minimum absolute atomic E-state index is 0.254. The first kappa shape index (κ1) is 18.4. The van der Waals surface area contributed by atoms with Gasteiger partial charge >= 0.3 is 0 Å². The van der Waals surface area contributed by atoms with Gasteiger partial charge in [-0.1, -0.05) is 36.0 Å². The molecule has 0 N–H and O–H groups in total. The van der Waals surface area contributed by atoms with Crippen LogP contribution in [0.2, 0.25) is 5.02 Å². The summed E-state index contributed by atoms with van der Waals surface area (Å²) in [5.74, 6) is 2.14. The van der Waals surface area contributed by atoms with Crippen LogP contribution in [0.15, 0.2) is 12.1 Å². The molecule has 0 aromatic heterocycles. The lowest BCUT2D eigenvalue weighted by Crippen LogP contribution is -2.24. The van der Waals surface area contributed by atoms with E-state index in [1.165, 1.54) is 0 Å². The van der Waals surface area contributed by atoms with Crippen molar-refractivity contribution in [2.45, 2.75) is 46.1 Å². The molecule has 1 unspecified atom stereocenters. The molecule has 0 saturated heterocycles. The summed E-state index contributed by atoms with van der Waals surface area (Å²) in [5.41, 5.74) is -1.63. The molecule has 1 aliphatic heterocycles. The average Bonchev–Trinajstić information content (AvgIpc) is 2.75. The second-order valence-electron chi connectivity index (χ2n) is 5.69. The monoisotopic (exact) mass is 380 g/mol. The number of hydrogen-bond donors (Lipinski definition) is 0. The van der Waals surface area contributed by atoms with E-state index in [-0.39, 0.29) is 5.60 Å². The Kier molecular flexibility index (Phi) is 6.12. The summed E-state index contributed by atoms with van der Waals surface area (Å²) in [4.78, 5) is 0. The number of halogens is 1. The molecule has 0 spiro atoms. The van der Waals surface area contributed by atoms with Crippen molar-refractivity contribution in [2.75, 3.05) is 12.4 Å². The van der Waals surface area contributed by atoms with Crippen molar-refractivity contribution in [3.63, 3.8) is 0 Å². The van der Waals surface area contributed by atoms with Crippen LogP contribution in [0.1, 0.15) is 39.7 Å². The standard InChI is InChI=1S/C15H22ClO3PS2/c1-5-9-22-20(21,17-6-2)19-14-12(16)8-7-11-10-15(3,4)18-13(11)14/h7-8H,5-6,9-10H2,1-4H3. The summed E-state index contributed by atoms with van der Waals surface area (Å²) in [6.07, 6.45) is 1.85. The normalized spacial score (nSPS) is 18.4. The van der Waals surface area contributed by atoms with Crippen LogP contribution in [0.5, 0.6) is 11.5 Å². The minimum Gasteiger partial charge on any atom is -0.483 e. The van der Waals surface area contributed by atoms with Gasteiger partial charge in [-0.25, -0.2) is 0 Å². The lowest BCUT2D eigenvalue weighted by molar-refractivity contribution is 0.135. The number of benzene rings is 1. The molecule has 1 atom stereocenters. The van der Waals surface area contributed by atoms with Gasteiger partial charge < -0.3 is 13.8 Å². The zero-order chi connectivity index (χ0) is 16.4. The van der Waals surface area contributed by atoms with Crippen LogP contribution in [0.3, 0.4) is 0 Å². The zero-order valence-corrected chi connectivity index (χ0v) is 16.6. The van der Waals surface area contributed by atoms with Crippen LogP contribution in [0, 0.1) is 0 Å². The van der Waals surface area contributed by atoms with E-state index in [1.807, 2.05) is 19.1 Å². The Balaban J connectivity index is 2.33. The first-order valence-corrected chi connectivity index (χ1v) is 12.0. The van der Waals surface area contributed by atoms with Crippen LogP contribution < -0.4 is 9.26 Å². The van der Waals surface area contributed by atoms with Gasteiger partial charge in [-0.3, -0.25) is 0 Å². The van der Waals surface area contributed by atoms with E-state index in [9.17, 15) is 0 Å². The maximum absolute atomic E-state index is 6.34. The summed E-state index contributed by atoms with van der Waals surface area (Å²) in [7, 11) is 0. The van der Waals surface area contributed by atoms with Crippen molar-refractivity contribution >= 4 is 40.5 Å². The van der Waals surface area contributed by atoms with E-state index in [2.05, 4.69) is 20.8 Å². The summed E-state index contributed by atoms with van der Waals surface area (Å²) in [6.45, 7) is 8.66. The minimum atomic E-state index is -2.47. The summed E-state index contributed by atoms with van der Waals surface area (Å²) in [5, 5.41) is 0.516. The maximum Gasteiger partial charge on any atom is 0.297 e. The van der Waals surface area contributed by atoms with E-state index in [0.29, 0.717) is 23.1 Å². The van der Waals surface area contributed by atoms with Crippen molar-refractivity contribution < 1.29 is 13.8 Å². The van der Waals surface area contributed by atoms with Gasteiger partial charge in [0.1, 0.15) is 5.60 Å². The van der Waals surface area contributed by atoms with Gasteiger partial charge in [-0.15, -0.1) is 0 Å². The first-order chi connectivity index (χ1) is 10.3. The highest BCUT2D eigenvalue weighted by molar-refractivity contribution is 8.68. The lowest BCUT2D eigenvalue weighted by atomic mass is 10.0. The maximum atomic E-state index is 6.34. The van der Waals surface area contributed by atoms with Crippen LogP contribution >= 0.6 is 28.7 Å². The van der Waals surface area contributed by atoms with E-state index >= 15 is 0 Å². The number of ether oxygens (including phenoxy) is 1. The second-order valence-corrected chi connectivity index (χ2v) is 12.5. The average molecular weight is 381 g/mol. The highest BCUT2D eigenvalue weighted by Gasteiger charge is 2.35. The van der Waals surface area contributed by atoms with Crippen molar-refractivity contribution in [1.82, 2.24) is 0 Å². The molecule has 0 radical (unpaired) electrons. The molecular weight excluding hydrogens is 359 g/mol. The summed E-state index contributed by atoms with van der Waals surface area (Å²) >= 11 is 13.6. The van der Waals surface area contributed by atoms with Gasteiger partial charge in [0.05, 0.1) is 11.6 Å². The zero-order valence-electron chi connectivity index (χ0n) is 13.3. The van der Waals surface area contributed by atoms with Gasteiger partial charge in [0.25, 0.3) is 5.69 Å². The molecule has 0 bridgehead atoms. The molecule has 1 aromatic carbocycles. The molecule has 1 heterocycles. The number of rotatable bonds is 7. The molecule has 0 saturated carbocycles. The van der Waals surface area contributed by atoms with E-state index in [4.69, 9.17) is 37.2 Å². The Labute approximate surface area is 147 Å². The Morgan fingerprint density at radius 3 is 2.77 bits per heavy atom. The summed E-state index contributed by atoms with van der Waals surface area (Å²) in [6, 6.07) is 3.83. The predicted molar refractivity (Wildman–Crippen MR) is 99.2 cm³/mol. The topological polar surface area (TPSA) is 27.7 Å². The van der Waals surface area contributed by atoms with Gasteiger partial charge in [0.2, 0.25) is 0 Å². The van der Waals surface area contributed by atoms with Crippen molar-refractivity contribution in [2.24, 2.45) is 0 Å². The third-order valence-electron chi connectivity index (χ3n) is 3.08. The molecule has 1 aromatic rings. The Morgan fingerprint density at radius 1 is 1.41 bits per heavy atom. The Morgan fingerprint density at radius 2 is 2.14 bits per heavy atom. The van der Waals surface area contributed by atoms with Crippen molar-refractivity contribution in [3.05, 3.63) is 22.7 Å². The Bertz CT molecular complexity index is 592. The van der Waals surface area contributed by atoms with E-state index in [1.54, 1.807) is 11.4 Å². The first-order valence-electron chi connectivity index (χ1n) is 7.39. The Hall–Kier alpha value is 0.0700. The summed E-state index contributed by atoms with van der Waals surface area (Å²) < 4.78 is 17.9. The van der Waals surface area contributed by atoms with Gasteiger partial charge in [-0.2, -0.15) is 0 Å². The molecule has 7 heteroatoms.